The Labute approximate surface area is 128 Å². The first kappa shape index (κ1) is 17.7. The number of halogens is 3. The van der Waals surface area contributed by atoms with Crippen molar-refractivity contribution in [2.45, 2.75) is 44.1 Å². The van der Waals surface area contributed by atoms with E-state index in [0.29, 0.717) is 24.9 Å². The summed E-state index contributed by atoms with van der Waals surface area (Å²) in [6.07, 6.45) is 3.94. The minimum atomic E-state index is -2.55. The molecular weight excluding hydrogens is 302 g/mol. The molecule has 0 bridgehead atoms. The molecule has 5 nitrogen and oxygen atoms in total. The number of nitrogens with two attached hydrogens (primary N) is 1. The Bertz CT molecular complexity index is 451. The molecule has 1 aromatic heterocycles. The molecule has 0 aliphatic heterocycles. The van der Waals surface area contributed by atoms with Gasteiger partial charge in [0.25, 0.3) is 0 Å². The van der Waals surface area contributed by atoms with Gasteiger partial charge in [-0.25, -0.2) is 8.78 Å². The van der Waals surface area contributed by atoms with E-state index in [0.717, 1.165) is 0 Å². The van der Waals surface area contributed by atoms with Crippen LogP contribution in [0.25, 0.3) is 0 Å². The maximum absolute atomic E-state index is 13.0. The first-order valence-corrected chi connectivity index (χ1v) is 6.67. The van der Waals surface area contributed by atoms with Gasteiger partial charge in [-0.1, -0.05) is 0 Å². The number of aromatic nitrogens is 2. The standard InChI is InChI=1S/C13H18F2N4O.ClH/c14-13(15)4-1-9(2-5-13)7-11(16)12(20)19-10-3-6-17-18-8-10;/h3,6,8-9,11H,1-2,4-5,7,16H2,(H,17,19,20);1H/t11-;/m0./s1. The Morgan fingerprint density at radius 2 is 2.10 bits per heavy atom. The van der Waals surface area contributed by atoms with Gasteiger partial charge in [-0.2, -0.15) is 10.2 Å². The molecule has 0 radical (unpaired) electrons. The minimum Gasteiger partial charge on any atom is -0.323 e. The van der Waals surface area contributed by atoms with Crippen LogP contribution in [0.15, 0.2) is 18.5 Å². The topological polar surface area (TPSA) is 80.9 Å². The van der Waals surface area contributed by atoms with Crippen molar-refractivity contribution in [2.75, 3.05) is 5.32 Å². The molecule has 1 aromatic rings. The van der Waals surface area contributed by atoms with Crippen molar-refractivity contribution in [3.05, 3.63) is 18.5 Å². The maximum Gasteiger partial charge on any atom is 0.248 e. The molecule has 8 heteroatoms. The van der Waals surface area contributed by atoms with Gasteiger partial charge in [0.05, 0.1) is 24.1 Å². The second kappa shape index (κ2) is 7.61. The molecule has 3 N–H and O–H groups in total. The molecule has 1 aliphatic carbocycles. The molecule has 1 fully saturated rings. The second-order valence-corrected chi connectivity index (χ2v) is 5.26. The van der Waals surface area contributed by atoms with Gasteiger partial charge < -0.3 is 11.1 Å². The Hall–Kier alpha value is -1.34. The van der Waals surface area contributed by atoms with Gasteiger partial charge in [0, 0.05) is 12.8 Å². The van der Waals surface area contributed by atoms with Crippen LogP contribution in [0.1, 0.15) is 32.1 Å². The smallest absolute Gasteiger partial charge is 0.248 e. The summed E-state index contributed by atoms with van der Waals surface area (Å²) in [4.78, 5) is 11.9. The Morgan fingerprint density at radius 3 is 2.67 bits per heavy atom. The van der Waals surface area contributed by atoms with E-state index in [-0.39, 0.29) is 37.1 Å². The van der Waals surface area contributed by atoms with Gasteiger partial charge in [-0.15, -0.1) is 12.4 Å². The summed E-state index contributed by atoms with van der Waals surface area (Å²) < 4.78 is 26.1. The number of carbonyl (C=O) groups excluding carboxylic acids is 1. The van der Waals surface area contributed by atoms with E-state index < -0.39 is 12.0 Å². The van der Waals surface area contributed by atoms with E-state index in [1.54, 1.807) is 6.07 Å². The fraction of sp³-hybridized carbons (Fsp3) is 0.615. The lowest BCUT2D eigenvalue weighted by Gasteiger charge is -2.29. The highest BCUT2D eigenvalue weighted by Gasteiger charge is 2.35. The monoisotopic (exact) mass is 320 g/mol. The van der Waals surface area contributed by atoms with Gasteiger partial charge in [-0.3, -0.25) is 4.79 Å². The Kier molecular flexibility index (Phi) is 6.42. The fourth-order valence-electron chi connectivity index (χ4n) is 2.40. The second-order valence-electron chi connectivity index (χ2n) is 5.26. The largest absolute Gasteiger partial charge is 0.323 e. The molecule has 0 saturated heterocycles. The number of hydrogen-bond acceptors (Lipinski definition) is 4. The highest BCUT2D eigenvalue weighted by atomic mass is 35.5. The first-order valence-electron chi connectivity index (χ1n) is 6.67. The van der Waals surface area contributed by atoms with Gasteiger partial charge in [0.15, 0.2) is 0 Å². The van der Waals surface area contributed by atoms with Crippen molar-refractivity contribution in [3.63, 3.8) is 0 Å². The molecule has 1 amide bonds. The van der Waals surface area contributed by atoms with Crippen LogP contribution in [0.2, 0.25) is 0 Å². The maximum atomic E-state index is 13.0. The number of alkyl halides is 2. The van der Waals surface area contributed by atoms with Crippen LogP contribution in [-0.4, -0.2) is 28.1 Å². The van der Waals surface area contributed by atoms with Crippen LogP contribution >= 0.6 is 12.4 Å². The third kappa shape index (κ3) is 5.51. The molecule has 2 rings (SSSR count). The van der Waals surface area contributed by atoms with Crippen molar-refractivity contribution in [3.8, 4) is 0 Å². The normalized spacial score (nSPS) is 19.4. The third-order valence-corrected chi connectivity index (χ3v) is 3.61. The van der Waals surface area contributed by atoms with Gasteiger partial charge in [0.2, 0.25) is 11.8 Å². The Morgan fingerprint density at radius 1 is 1.43 bits per heavy atom. The van der Waals surface area contributed by atoms with Crippen LogP contribution in [-0.2, 0) is 4.79 Å². The van der Waals surface area contributed by atoms with E-state index in [1.807, 2.05) is 0 Å². The third-order valence-electron chi connectivity index (χ3n) is 3.61. The SMILES string of the molecule is Cl.N[C@@H](CC1CCC(F)(F)CC1)C(=O)Nc1ccnnc1. The molecule has 118 valence electrons. The number of hydrogen-bond donors (Lipinski definition) is 2. The molecule has 1 saturated carbocycles. The quantitative estimate of drug-likeness (QED) is 0.892. The van der Waals surface area contributed by atoms with E-state index in [2.05, 4.69) is 15.5 Å². The predicted molar refractivity (Wildman–Crippen MR) is 77.4 cm³/mol. The highest BCUT2D eigenvalue weighted by molar-refractivity contribution is 5.94. The van der Waals surface area contributed by atoms with E-state index >= 15 is 0 Å². The Balaban J connectivity index is 0.00000220. The molecule has 21 heavy (non-hydrogen) atoms. The van der Waals surface area contributed by atoms with E-state index in [1.165, 1.54) is 12.4 Å². The lowest BCUT2D eigenvalue weighted by atomic mass is 9.83. The lowest BCUT2D eigenvalue weighted by Crippen LogP contribution is -2.38. The van der Waals surface area contributed by atoms with Crippen molar-refractivity contribution < 1.29 is 13.6 Å². The fourth-order valence-corrected chi connectivity index (χ4v) is 2.40. The summed E-state index contributed by atoms with van der Waals surface area (Å²) in [6.45, 7) is 0. The van der Waals surface area contributed by atoms with Crippen LogP contribution in [0, 0.1) is 5.92 Å². The summed E-state index contributed by atoms with van der Waals surface area (Å²) in [5, 5.41) is 9.87. The first-order chi connectivity index (χ1) is 9.46. The zero-order chi connectivity index (χ0) is 14.6. The molecule has 1 aliphatic rings. The highest BCUT2D eigenvalue weighted by Crippen LogP contribution is 2.37. The number of amides is 1. The number of rotatable bonds is 4. The van der Waals surface area contributed by atoms with Crippen molar-refractivity contribution in [2.24, 2.45) is 11.7 Å². The summed E-state index contributed by atoms with van der Waals surface area (Å²) >= 11 is 0. The zero-order valence-corrected chi connectivity index (χ0v) is 12.3. The summed E-state index contributed by atoms with van der Waals surface area (Å²) in [6, 6.07) is 0.915. The number of carbonyl (C=O) groups is 1. The number of anilines is 1. The summed E-state index contributed by atoms with van der Waals surface area (Å²) in [5.74, 6) is -2.78. The molecule has 0 aromatic carbocycles. The van der Waals surface area contributed by atoms with Gasteiger partial charge in [-0.05, 0) is 31.2 Å². The van der Waals surface area contributed by atoms with E-state index in [4.69, 9.17) is 5.73 Å². The molecule has 0 unspecified atom stereocenters. The molecule has 1 heterocycles. The zero-order valence-electron chi connectivity index (χ0n) is 11.5. The minimum absolute atomic E-state index is 0. The van der Waals surface area contributed by atoms with Crippen LogP contribution in [0.3, 0.4) is 0 Å². The average Bonchev–Trinajstić information content (AvgIpc) is 2.42. The molecule has 0 spiro atoms. The number of nitrogens with one attached hydrogen (secondary N) is 1. The summed E-state index contributed by atoms with van der Waals surface area (Å²) in [5.41, 5.74) is 6.35. The molecular formula is C13H19ClF2N4O. The van der Waals surface area contributed by atoms with Crippen molar-refractivity contribution in [1.29, 1.82) is 0 Å². The summed E-state index contributed by atoms with van der Waals surface area (Å²) in [7, 11) is 0. The predicted octanol–water partition coefficient (Wildman–Crippen LogP) is 2.38. The van der Waals surface area contributed by atoms with Crippen LogP contribution in [0.5, 0.6) is 0 Å². The average molecular weight is 321 g/mol. The number of nitrogens with zero attached hydrogens (tertiary/aromatic N) is 2. The van der Waals surface area contributed by atoms with Crippen molar-refractivity contribution >= 4 is 24.0 Å². The lowest BCUT2D eigenvalue weighted by molar-refractivity contribution is -0.118. The van der Waals surface area contributed by atoms with Crippen LogP contribution < -0.4 is 11.1 Å². The van der Waals surface area contributed by atoms with Gasteiger partial charge >= 0.3 is 0 Å². The van der Waals surface area contributed by atoms with Gasteiger partial charge in [0.1, 0.15) is 0 Å². The van der Waals surface area contributed by atoms with Crippen LogP contribution in [0.4, 0.5) is 14.5 Å². The molecule has 1 atom stereocenters. The van der Waals surface area contributed by atoms with E-state index in [9.17, 15) is 13.6 Å². The van der Waals surface area contributed by atoms with Crippen molar-refractivity contribution in [1.82, 2.24) is 10.2 Å².